The third kappa shape index (κ3) is 4.11. The van der Waals surface area contributed by atoms with Crippen molar-refractivity contribution in [3.05, 3.63) is 72.1 Å². The first-order valence-electron chi connectivity index (χ1n) is 7.76. The first kappa shape index (κ1) is 16.4. The summed E-state index contributed by atoms with van der Waals surface area (Å²) in [6.07, 6.45) is 2.96. The molecule has 0 spiro atoms. The van der Waals surface area contributed by atoms with E-state index in [-0.39, 0.29) is 5.91 Å². The smallest absolute Gasteiger partial charge is 0.258 e. The van der Waals surface area contributed by atoms with Gasteiger partial charge in [0.25, 0.3) is 5.91 Å². The van der Waals surface area contributed by atoms with E-state index in [9.17, 15) is 4.79 Å². The molecule has 0 saturated carbocycles. The van der Waals surface area contributed by atoms with Gasteiger partial charge in [-0.15, -0.1) is 0 Å². The number of aryl methyl sites for hydroxylation is 1. The second-order valence-corrected chi connectivity index (χ2v) is 5.44. The van der Waals surface area contributed by atoms with Crippen LogP contribution in [0.5, 0.6) is 5.75 Å². The molecule has 0 aliphatic carbocycles. The standard InChI is InChI=1S/C19H18N4O2/c1-13-6-5-7-15(10-13)22-18(24)14-11-20-19(21-12-14)23-16-8-3-4-9-17(16)25-2/h3-12H,1-2H3,(H,22,24)(H,20,21,23). The van der Waals surface area contributed by atoms with Crippen LogP contribution in [0.4, 0.5) is 17.3 Å². The zero-order chi connectivity index (χ0) is 17.6. The fourth-order valence-electron chi connectivity index (χ4n) is 2.30. The SMILES string of the molecule is COc1ccccc1Nc1ncc(C(=O)Nc2cccc(C)c2)cn1. The molecule has 0 atom stereocenters. The van der Waals surface area contributed by atoms with E-state index < -0.39 is 0 Å². The predicted molar refractivity (Wildman–Crippen MR) is 97.4 cm³/mol. The van der Waals surface area contributed by atoms with Gasteiger partial charge in [-0.05, 0) is 36.8 Å². The lowest BCUT2D eigenvalue weighted by atomic mass is 10.2. The van der Waals surface area contributed by atoms with Crippen molar-refractivity contribution in [2.75, 3.05) is 17.7 Å². The van der Waals surface area contributed by atoms with E-state index in [1.807, 2.05) is 55.5 Å². The van der Waals surface area contributed by atoms with Gasteiger partial charge in [0.1, 0.15) is 5.75 Å². The number of rotatable bonds is 5. The highest BCUT2D eigenvalue weighted by Gasteiger charge is 2.09. The van der Waals surface area contributed by atoms with Gasteiger partial charge in [-0.3, -0.25) is 4.79 Å². The fourth-order valence-corrected chi connectivity index (χ4v) is 2.30. The van der Waals surface area contributed by atoms with Crippen LogP contribution in [0.3, 0.4) is 0 Å². The highest BCUT2D eigenvalue weighted by atomic mass is 16.5. The minimum atomic E-state index is -0.255. The summed E-state index contributed by atoms with van der Waals surface area (Å²) in [6, 6.07) is 15.1. The molecule has 1 aromatic heterocycles. The Morgan fingerprint density at radius 2 is 1.80 bits per heavy atom. The zero-order valence-electron chi connectivity index (χ0n) is 14.0. The minimum Gasteiger partial charge on any atom is -0.495 e. The Bertz CT molecular complexity index is 879. The molecule has 3 rings (SSSR count). The van der Waals surface area contributed by atoms with Crippen LogP contribution in [0, 0.1) is 6.92 Å². The lowest BCUT2D eigenvalue weighted by molar-refractivity contribution is 0.102. The third-order valence-electron chi connectivity index (χ3n) is 3.54. The molecule has 6 heteroatoms. The van der Waals surface area contributed by atoms with Crippen molar-refractivity contribution in [1.82, 2.24) is 9.97 Å². The van der Waals surface area contributed by atoms with Gasteiger partial charge in [-0.25, -0.2) is 9.97 Å². The monoisotopic (exact) mass is 334 g/mol. The van der Waals surface area contributed by atoms with Crippen LogP contribution in [0.1, 0.15) is 15.9 Å². The number of aromatic nitrogens is 2. The Morgan fingerprint density at radius 3 is 2.52 bits per heavy atom. The maximum Gasteiger partial charge on any atom is 0.258 e. The average Bonchev–Trinajstić information content (AvgIpc) is 2.63. The van der Waals surface area contributed by atoms with E-state index in [0.717, 1.165) is 16.9 Å². The van der Waals surface area contributed by atoms with E-state index in [1.54, 1.807) is 7.11 Å². The van der Waals surface area contributed by atoms with Gasteiger partial charge < -0.3 is 15.4 Å². The van der Waals surface area contributed by atoms with Crippen molar-refractivity contribution in [3.63, 3.8) is 0 Å². The van der Waals surface area contributed by atoms with Crippen LogP contribution < -0.4 is 15.4 Å². The van der Waals surface area contributed by atoms with Crippen LogP contribution >= 0.6 is 0 Å². The van der Waals surface area contributed by atoms with E-state index in [1.165, 1.54) is 12.4 Å². The molecular formula is C19H18N4O2. The topological polar surface area (TPSA) is 76.1 Å². The summed E-state index contributed by atoms with van der Waals surface area (Å²) in [5, 5.41) is 5.89. The number of carbonyl (C=O) groups excluding carboxylic acids is 1. The molecule has 0 aliphatic rings. The van der Waals surface area contributed by atoms with Gasteiger partial charge in [-0.2, -0.15) is 0 Å². The number of methoxy groups -OCH3 is 1. The first-order chi connectivity index (χ1) is 12.2. The van der Waals surface area contributed by atoms with Gasteiger partial charge in [0.15, 0.2) is 0 Å². The Balaban J connectivity index is 1.70. The molecule has 6 nitrogen and oxygen atoms in total. The largest absolute Gasteiger partial charge is 0.495 e. The molecule has 25 heavy (non-hydrogen) atoms. The quantitative estimate of drug-likeness (QED) is 0.742. The van der Waals surface area contributed by atoms with Crippen LogP contribution in [-0.2, 0) is 0 Å². The number of ether oxygens (including phenoxy) is 1. The Kier molecular flexibility index (Phi) is 4.89. The van der Waals surface area contributed by atoms with Crippen molar-refractivity contribution in [2.45, 2.75) is 6.92 Å². The van der Waals surface area contributed by atoms with Crippen LogP contribution in [0.2, 0.25) is 0 Å². The molecule has 0 aliphatic heterocycles. The molecule has 126 valence electrons. The molecule has 1 heterocycles. The average molecular weight is 334 g/mol. The number of carbonyl (C=O) groups is 1. The number of benzene rings is 2. The number of hydrogen-bond donors (Lipinski definition) is 2. The second kappa shape index (κ2) is 7.44. The molecule has 3 aromatic rings. The fraction of sp³-hybridized carbons (Fsp3) is 0.105. The van der Waals surface area contributed by atoms with Gasteiger partial charge in [0.2, 0.25) is 5.95 Å². The molecule has 0 saturated heterocycles. The normalized spacial score (nSPS) is 10.2. The third-order valence-corrected chi connectivity index (χ3v) is 3.54. The summed E-state index contributed by atoms with van der Waals surface area (Å²) in [5.41, 5.74) is 2.95. The van der Waals surface area contributed by atoms with E-state index in [4.69, 9.17) is 4.74 Å². The van der Waals surface area contributed by atoms with E-state index >= 15 is 0 Å². The Labute approximate surface area is 145 Å². The maximum absolute atomic E-state index is 12.3. The lowest BCUT2D eigenvalue weighted by Gasteiger charge is -2.10. The Morgan fingerprint density at radius 1 is 1.04 bits per heavy atom. The van der Waals surface area contributed by atoms with Crippen LogP contribution in [0.15, 0.2) is 60.9 Å². The predicted octanol–water partition coefficient (Wildman–Crippen LogP) is 3.79. The number of amides is 1. The van der Waals surface area contributed by atoms with Gasteiger partial charge >= 0.3 is 0 Å². The maximum atomic E-state index is 12.3. The summed E-state index contributed by atoms with van der Waals surface area (Å²) in [5.74, 6) is 0.818. The summed E-state index contributed by atoms with van der Waals surface area (Å²) in [7, 11) is 1.60. The van der Waals surface area contributed by atoms with E-state index in [0.29, 0.717) is 17.3 Å². The molecule has 2 N–H and O–H groups in total. The van der Waals surface area contributed by atoms with Crippen molar-refractivity contribution in [2.24, 2.45) is 0 Å². The van der Waals surface area contributed by atoms with Gasteiger partial charge in [0, 0.05) is 18.1 Å². The molecule has 2 aromatic carbocycles. The minimum absolute atomic E-state index is 0.255. The number of nitrogens with one attached hydrogen (secondary N) is 2. The van der Waals surface area contributed by atoms with Gasteiger partial charge in [-0.1, -0.05) is 24.3 Å². The zero-order valence-corrected chi connectivity index (χ0v) is 14.0. The number of hydrogen-bond acceptors (Lipinski definition) is 5. The van der Waals surface area contributed by atoms with Crippen molar-refractivity contribution >= 4 is 23.2 Å². The Hall–Kier alpha value is -3.41. The molecule has 0 fully saturated rings. The first-order valence-corrected chi connectivity index (χ1v) is 7.76. The molecule has 0 bridgehead atoms. The second-order valence-electron chi connectivity index (χ2n) is 5.44. The molecule has 1 amide bonds. The van der Waals surface area contributed by atoms with Crippen molar-refractivity contribution < 1.29 is 9.53 Å². The number of para-hydroxylation sites is 2. The van der Waals surface area contributed by atoms with Gasteiger partial charge in [0.05, 0.1) is 18.4 Å². The highest BCUT2D eigenvalue weighted by molar-refractivity contribution is 6.03. The summed E-state index contributed by atoms with van der Waals surface area (Å²) < 4.78 is 5.27. The lowest BCUT2D eigenvalue weighted by Crippen LogP contribution is -2.13. The van der Waals surface area contributed by atoms with Crippen LogP contribution in [-0.4, -0.2) is 23.0 Å². The summed E-state index contributed by atoms with van der Waals surface area (Å²) in [4.78, 5) is 20.6. The summed E-state index contributed by atoms with van der Waals surface area (Å²) in [6.45, 7) is 1.97. The summed E-state index contributed by atoms with van der Waals surface area (Å²) >= 11 is 0. The number of anilines is 3. The number of nitrogens with zero attached hydrogens (tertiary/aromatic N) is 2. The van der Waals surface area contributed by atoms with Crippen LogP contribution in [0.25, 0.3) is 0 Å². The van der Waals surface area contributed by atoms with E-state index in [2.05, 4.69) is 20.6 Å². The highest BCUT2D eigenvalue weighted by Crippen LogP contribution is 2.25. The molecule has 0 radical (unpaired) electrons. The molecular weight excluding hydrogens is 316 g/mol. The van der Waals surface area contributed by atoms with Crippen molar-refractivity contribution in [1.29, 1.82) is 0 Å². The molecule has 0 unspecified atom stereocenters. The van der Waals surface area contributed by atoms with Crippen molar-refractivity contribution in [3.8, 4) is 5.75 Å².